The van der Waals surface area contributed by atoms with Gasteiger partial charge in [-0.15, -0.1) is 0 Å². The van der Waals surface area contributed by atoms with Gasteiger partial charge in [0.1, 0.15) is 6.04 Å². The molecule has 0 saturated carbocycles. The van der Waals surface area contributed by atoms with Crippen molar-refractivity contribution in [2.24, 2.45) is 5.92 Å². The van der Waals surface area contributed by atoms with Gasteiger partial charge < -0.3 is 15.3 Å². The average Bonchev–Trinajstić information content (AvgIpc) is 2.56. The Morgan fingerprint density at radius 3 is 2.44 bits per heavy atom. The maximum absolute atomic E-state index is 12.0. The number of aliphatic carboxylic acids is 1. The van der Waals surface area contributed by atoms with Gasteiger partial charge in [0.2, 0.25) is 5.91 Å². The number of rotatable bonds is 3. The molecule has 1 amide bonds. The Labute approximate surface area is 108 Å². The van der Waals surface area contributed by atoms with Crippen molar-refractivity contribution >= 4 is 11.9 Å². The zero-order chi connectivity index (χ0) is 14.1. The van der Waals surface area contributed by atoms with Crippen LogP contribution in [0.5, 0.6) is 0 Å². The summed E-state index contributed by atoms with van der Waals surface area (Å²) in [6.45, 7) is 7.58. The Morgan fingerprint density at radius 2 is 2.06 bits per heavy atom. The summed E-state index contributed by atoms with van der Waals surface area (Å²) >= 11 is 0. The van der Waals surface area contributed by atoms with Crippen molar-refractivity contribution in [3.8, 4) is 0 Å². The van der Waals surface area contributed by atoms with Crippen LogP contribution in [0.15, 0.2) is 11.8 Å². The molecule has 0 spiro atoms. The highest BCUT2D eigenvalue weighted by molar-refractivity contribution is 5.83. The normalized spacial score (nSPS) is 21.5. The summed E-state index contributed by atoms with van der Waals surface area (Å²) in [7, 11) is 1.72. The largest absolute Gasteiger partial charge is 0.480 e. The number of carbonyl (C=O) groups excluding carboxylic acids is 1. The van der Waals surface area contributed by atoms with Gasteiger partial charge in [0, 0.05) is 19.0 Å². The number of nitrogens with one attached hydrogen (secondary N) is 1. The van der Waals surface area contributed by atoms with Crippen molar-refractivity contribution < 1.29 is 14.7 Å². The standard InChI is InChI=1S/C13H22N2O3/c1-8(11(16)14-13(2,3)4)9-6-10(12(17)18)15(5)7-9/h7-8,10H,6H2,1-5H3,(H,14,16)(H,17,18). The molecule has 2 N–H and O–H groups in total. The quantitative estimate of drug-likeness (QED) is 0.794. The number of hydrogen-bond donors (Lipinski definition) is 2. The lowest BCUT2D eigenvalue weighted by atomic mass is 9.96. The van der Waals surface area contributed by atoms with Gasteiger partial charge in [0.05, 0.1) is 5.92 Å². The van der Waals surface area contributed by atoms with Crippen LogP contribution in [0.2, 0.25) is 0 Å². The Hall–Kier alpha value is -1.52. The number of hydrogen-bond acceptors (Lipinski definition) is 3. The third kappa shape index (κ3) is 3.48. The molecule has 1 aliphatic rings. The lowest BCUT2D eigenvalue weighted by Gasteiger charge is -2.23. The molecular weight excluding hydrogens is 232 g/mol. The van der Waals surface area contributed by atoms with Gasteiger partial charge in [-0.1, -0.05) is 0 Å². The van der Waals surface area contributed by atoms with E-state index in [0.29, 0.717) is 6.42 Å². The summed E-state index contributed by atoms with van der Waals surface area (Å²) in [5, 5.41) is 11.9. The van der Waals surface area contributed by atoms with Crippen molar-refractivity contribution in [2.45, 2.75) is 45.7 Å². The summed E-state index contributed by atoms with van der Waals surface area (Å²) in [6, 6.07) is -0.551. The molecule has 0 saturated heterocycles. The van der Waals surface area contributed by atoms with Gasteiger partial charge in [-0.3, -0.25) is 4.79 Å². The van der Waals surface area contributed by atoms with Crippen molar-refractivity contribution in [3.05, 3.63) is 11.8 Å². The number of amides is 1. The van der Waals surface area contributed by atoms with E-state index in [4.69, 9.17) is 5.11 Å². The van der Waals surface area contributed by atoms with E-state index in [-0.39, 0.29) is 17.4 Å². The zero-order valence-corrected chi connectivity index (χ0v) is 11.7. The van der Waals surface area contributed by atoms with Gasteiger partial charge in [0.25, 0.3) is 0 Å². The van der Waals surface area contributed by atoms with Crippen LogP contribution in [-0.2, 0) is 9.59 Å². The van der Waals surface area contributed by atoms with E-state index in [1.54, 1.807) is 18.1 Å². The van der Waals surface area contributed by atoms with Gasteiger partial charge in [-0.2, -0.15) is 0 Å². The summed E-state index contributed by atoms with van der Waals surface area (Å²) in [4.78, 5) is 24.7. The van der Waals surface area contributed by atoms with E-state index in [1.165, 1.54) is 0 Å². The molecule has 0 radical (unpaired) electrons. The molecule has 0 aromatic carbocycles. The zero-order valence-electron chi connectivity index (χ0n) is 11.7. The molecule has 18 heavy (non-hydrogen) atoms. The predicted molar refractivity (Wildman–Crippen MR) is 68.9 cm³/mol. The fourth-order valence-electron chi connectivity index (χ4n) is 1.97. The third-order valence-electron chi connectivity index (χ3n) is 3.02. The summed E-state index contributed by atoms with van der Waals surface area (Å²) in [5.41, 5.74) is 0.592. The Morgan fingerprint density at radius 1 is 1.50 bits per heavy atom. The Kier molecular flexibility index (Phi) is 4.04. The van der Waals surface area contributed by atoms with Crippen LogP contribution in [0.1, 0.15) is 34.1 Å². The van der Waals surface area contributed by atoms with Crippen molar-refractivity contribution in [1.29, 1.82) is 0 Å². The first-order valence-corrected chi connectivity index (χ1v) is 6.09. The molecule has 102 valence electrons. The summed E-state index contributed by atoms with van der Waals surface area (Å²) in [6.07, 6.45) is 2.18. The maximum Gasteiger partial charge on any atom is 0.326 e. The van der Waals surface area contributed by atoms with Gasteiger partial charge in [-0.25, -0.2) is 4.79 Å². The molecule has 2 atom stereocenters. The van der Waals surface area contributed by atoms with Crippen molar-refractivity contribution in [2.75, 3.05) is 7.05 Å². The van der Waals surface area contributed by atoms with Crippen LogP contribution in [-0.4, -0.2) is 40.5 Å². The minimum Gasteiger partial charge on any atom is -0.480 e. The maximum atomic E-state index is 12.0. The molecule has 0 aliphatic carbocycles. The highest BCUT2D eigenvalue weighted by Crippen LogP contribution is 2.26. The third-order valence-corrected chi connectivity index (χ3v) is 3.02. The van der Waals surface area contributed by atoms with Crippen LogP contribution in [0, 0.1) is 5.92 Å². The predicted octanol–water partition coefficient (Wildman–Crippen LogP) is 1.21. The number of carboxylic acids is 1. The van der Waals surface area contributed by atoms with E-state index in [0.717, 1.165) is 5.57 Å². The smallest absolute Gasteiger partial charge is 0.326 e. The molecule has 1 heterocycles. The van der Waals surface area contributed by atoms with Crippen LogP contribution in [0.3, 0.4) is 0 Å². The lowest BCUT2D eigenvalue weighted by Crippen LogP contribution is -2.43. The first-order chi connectivity index (χ1) is 8.11. The number of carboxylic acid groups (broad SMARTS) is 1. The van der Waals surface area contributed by atoms with E-state index in [2.05, 4.69) is 5.32 Å². The summed E-state index contributed by atoms with van der Waals surface area (Å²) < 4.78 is 0. The van der Waals surface area contributed by atoms with Crippen LogP contribution < -0.4 is 5.32 Å². The fourth-order valence-corrected chi connectivity index (χ4v) is 1.97. The van der Waals surface area contributed by atoms with E-state index in [1.807, 2.05) is 27.7 Å². The Bertz CT molecular complexity index is 382. The molecule has 5 nitrogen and oxygen atoms in total. The highest BCUT2D eigenvalue weighted by atomic mass is 16.4. The second kappa shape index (κ2) is 5.00. The minimum absolute atomic E-state index is 0.0619. The van der Waals surface area contributed by atoms with Crippen LogP contribution >= 0.6 is 0 Å². The van der Waals surface area contributed by atoms with E-state index in [9.17, 15) is 9.59 Å². The second-order valence-corrected chi connectivity index (χ2v) is 5.89. The average molecular weight is 254 g/mol. The molecule has 1 aliphatic heterocycles. The van der Waals surface area contributed by atoms with Crippen molar-refractivity contribution in [1.82, 2.24) is 10.2 Å². The Balaban J connectivity index is 2.70. The molecule has 0 aromatic rings. The molecule has 0 fully saturated rings. The minimum atomic E-state index is -0.854. The van der Waals surface area contributed by atoms with E-state index >= 15 is 0 Å². The number of nitrogens with zero attached hydrogens (tertiary/aromatic N) is 1. The topological polar surface area (TPSA) is 69.6 Å². The highest BCUT2D eigenvalue weighted by Gasteiger charge is 2.32. The first kappa shape index (κ1) is 14.5. The van der Waals surface area contributed by atoms with Crippen LogP contribution in [0.4, 0.5) is 0 Å². The molecular formula is C13H22N2O3. The molecule has 0 aromatic heterocycles. The molecule has 0 bridgehead atoms. The second-order valence-electron chi connectivity index (χ2n) is 5.89. The van der Waals surface area contributed by atoms with Gasteiger partial charge >= 0.3 is 5.97 Å². The van der Waals surface area contributed by atoms with Gasteiger partial charge in [0.15, 0.2) is 0 Å². The van der Waals surface area contributed by atoms with Crippen molar-refractivity contribution in [3.63, 3.8) is 0 Å². The van der Waals surface area contributed by atoms with Gasteiger partial charge in [-0.05, 0) is 39.5 Å². The first-order valence-electron chi connectivity index (χ1n) is 6.09. The number of carbonyl (C=O) groups is 2. The number of likely N-dealkylation sites (N-methyl/N-ethyl adjacent to an activating group) is 1. The SMILES string of the molecule is CC(C(=O)NC(C)(C)C)C1=CN(C)C(C(=O)O)C1. The fraction of sp³-hybridized carbons (Fsp3) is 0.692. The summed E-state index contributed by atoms with van der Waals surface area (Å²) in [5.74, 6) is -1.21. The monoisotopic (exact) mass is 254 g/mol. The lowest BCUT2D eigenvalue weighted by molar-refractivity contribution is -0.141. The molecule has 1 rings (SSSR count). The van der Waals surface area contributed by atoms with E-state index < -0.39 is 12.0 Å². The molecule has 5 heteroatoms. The van der Waals surface area contributed by atoms with Crippen LogP contribution in [0.25, 0.3) is 0 Å². The molecule has 2 unspecified atom stereocenters.